The van der Waals surface area contributed by atoms with Crippen LogP contribution in [-0.2, 0) is 13.1 Å². The molecule has 2 aromatic rings. The van der Waals surface area contributed by atoms with Gasteiger partial charge in [-0.3, -0.25) is 4.90 Å². The van der Waals surface area contributed by atoms with Gasteiger partial charge in [-0.1, -0.05) is 24.6 Å². The second-order valence-corrected chi connectivity index (χ2v) is 6.02. The highest BCUT2D eigenvalue weighted by atomic mass is 16.3. The molecule has 0 unspecified atom stereocenters. The van der Waals surface area contributed by atoms with E-state index in [1.54, 1.807) is 0 Å². The summed E-state index contributed by atoms with van der Waals surface area (Å²) < 4.78 is 6.07. The van der Waals surface area contributed by atoms with Gasteiger partial charge in [-0.2, -0.15) is 0 Å². The van der Waals surface area contributed by atoms with Crippen LogP contribution in [0.2, 0.25) is 0 Å². The summed E-state index contributed by atoms with van der Waals surface area (Å²) in [7, 11) is 4.19. The lowest BCUT2D eigenvalue weighted by atomic mass is 9.85. The molecule has 0 bridgehead atoms. The van der Waals surface area contributed by atoms with E-state index in [0.29, 0.717) is 0 Å². The van der Waals surface area contributed by atoms with Gasteiger partial charge >= 0.3 is 0 Å². The van der Waals surface area contributed by atoms with Crippen LogP contribution < -0.4 is 5.32 Å². The zero-order chi connectivity index (χ0) is 13.9. The second kappa shape index (κ2) is 5.98. The van der Waals surface area contributed by atoms with Crippen LogP contribution in [0.5, 0.6) is 0 Å². The number of fused-ring (bicyclic) bond motifs is 1. The number of hydrogen-bond donors (Lipinski definition) is 1. The second-order valence-electron chi connectivity index (χ2n) is 6.02. The number of para-hydroxylation sites is 1. The molecule has 1 aromatic heterocycles. The number of nitrogens with one attached hydrogen (secondary N) is 1. The number of benzene rings is 1. The summed E-state index contributed by atoms with van der Waals surface area (Å²) in [6, 6.07) is 8.33. The number of furan rings is 1. The Morgan fingerprint density at radius 1 is 1.30 bits per heavy atom. The first kappa shape index (κ1) is 13.7. The van der Waals surface area contributed by atoms with Gasteiger partial charge in [0, 0.05) is 24.0 Å². The molecule has 3 rings (SSSR count). The molecule has 0 spiro atoms. The summed E-state index contributed by atoms with van der Waals surface area (Å²) in [5, 5.41) is 4.50. The molecule has 3 heteroatoms. The van der Waals surface area contributed by atoms with E-state index >= 15 is 0 Å². The Morgan fingerprint density at radius 3 is 2.80 bits per heavy atom. The predicted octanol–water partition coefficient (Wildman–Crippen LogP) is 3.38. The molecule has 0 saturated heterocycles. The summed E-state index contributed by atoms with van der Waals surface area (Å²) in [5.41, 5.74) is 2.31. The molecule has 1 aliphatic carbocycles. The summed E-state index contributed by atoms with van der Waals surface area (Å²) in [5.74, 6) is 2.01. The topological polar surface area (TPSA) is 28.4 Å². The van der Waals surface area contributed by atoms with Crippen molar-refractivity contribution in [2.24, 2.45) is 5.92 Å². The largest absolute Gasteiger partial charge is 0.459 e. The van der Waals surface area contributed by atoms with Gasteiger partial charge in [-0.25, -0.2) is 0 Å². The first-order valence-electron chi connectivity index (χ1n) is 7.60. The first-order chi connectivity index (χ1) is 9.78. The summed E-state index contributed by atoms with van der Waals surface area (Å²) in [6.45, 7) is 2.96. The van der Waals surface area contributed by atoms with E-state index in [1.165, 1.54) is 36.8 Å². The van der Waals surface area contributed by atoms with Gasteiger partial charge in [0.1, 0.15) is 11.3 Å². The SMILES string of the molecule is CNCc1c(CN(C)CC2CCC2)oc2ccccc12. The van der Waals surface area contributed by atoms with Crippen LogP contribution in [0.15, 0.2) is 28.7 Å². The Morgan fingerprint density at radius 2 is 2.10 bits per heavy atom. The normalized spacial score (nSPS) is 15.9. The van der Waals surface area contributed by atoms with E-state index in [9.17, 15) is 0 Å². The average Bonchev–Trinajstić information content (AvgIpc) is 2.73. The van der Waals surface area contributed by atoms with E-state index in [1.807, 2.05) is 13.1 Å². The zero-order valence-corrected chi connectivity index (χ0v) is 12.5. The lowest BCUT2D eigenvalue weighted by molar-refractivity contribution is 0.191. The molecule has 108 valence electrons. The van der Waals surface area contributed by atoms with Crippen molar-refractivity contribution in [3.8, 4) is 0 Å². The molecule has 1 heterocycles. The highest BCUT2D eigenvalue weighted by Gasteiger charge is 2.21. The van der Waals surface area contributed by atoms with E-state index < -0.39 is 0 Å². The van der Waals surface area contributed by atoms with E-state index in [-0.39, 0.29) is 0 Å². The van der Waals surface area contributed by atoms with Gasteiger partial charge in [0.05, 0.1) is 6.54 Å². The first-order valence-corrected chi connectivity index (χ1v) is 7.60. The van der Waals surface area contributed by atoms with E-state index in [0.717, 1.165) is 30.4 Å². The molecular weight excluding hydrogens is 248 g/mol. The molecule has 0 amide bonds. The third-order valence-electron chi connectivity index (χ3n) is 4.34. The smallest absolute Gasteiger partial charge is 0.134 e. The highest BCUT2D eigenvalue weighted by Crippen LogP contribution is 2.29. The molecule has 0 aliphatic heterocycles. The van der Waals surface area contributed by atoms with Crippen molar-refractivity contribution in [3.63, 3.8) is 0 Å². The van der Waals surface area contributed by atoms with Crippen molar-refractivity contribution in [3.05, 3.63) is 35.6 Å². The molecule has 1 N–H and O–H groups in total. The predicted molar refractivity (Wildman–Crippen MR) is 82.7 cm³/mol. The Hall–Kier alpha value is -1.32. The quantitative estimate of drug-likeness (QED) is 0.874. The molecule has 3 nitrogen and oxygen atoms in total. The lowest BCUT2D eigenvalue weighted by Gasteiger charge is -2.29. The lowest BCUT2D eigenvalue weighted by Crippen LogP contribution is -2.29. The number of nitrogens with zero attached hydrogens (tertiary/aromatic N) is 1. The number of rotatable bonds is 6. The third-order valence-corrected chi connectivity index (χ3v) is 4.34. The van der Waals surface area contributed by atoms with Crippen molar-refractivity contribution < 1.29 is 4.42 Å². The highest BCUT2D eigenvalue weighted by molar-refractivity contribution is 5.82. The molecule has 0 radical (unpaired) electrons. The van der Waals surface area contributed by atoms with Crippen LogP contribution in [-0.4, -0.2) is 25.5 Å². The van der Waals surface area contributed by atoms with Gasteiger partial charge in [0.25, 0.3) is 0 Å². The Kier molecular flexibility index (Phi) is 4.08. The standard InChI is InChI=1S/C17H24N2O/c1-18-10-15-14-8-3-4-9-16(14)20-17(15)12-19(2)11-13-6-5-7-13/h3-4,8-9,13,18H,5-7,10-12H2,1-2H3. The molecule has 1 aromatic carbocycles. The van der Waals surface area contributed by atoms with Gasteiger partial charge in [0.2, 0.25) is 0 Å². The van der Waals surface area contributed by atoms with E-state index in [2.05, 4.69) is 35.5 Å². The molecule has 20 heavy (non-hydrogen) atoms. The van der Waals surface area contributed by atoms with Gasteiger partial charge in [0.15, 0.2) is 0 Å². The summed E-state index contributed by atoms with van der Waals surface area (Å²) >= 11 is 0. The van der Waals surface area contributed by atoms with Crippen LogP contribution in [0.25, 0.3) is 11.0 Å². The van der Waals surface area contributed by atoms with Gasteiger partial charge < -0.3 is 9.73 Å². The monoisotopic (exact) mass is 272 g/mol. The summed E-state index contributed by atoms with van der Waals surface area (Å²) in [4.78, 5) is 2.40. The van der Waals surface area contributed by atoms with Crippen LogP contribution in [0.4, 0.5) is 0 Å². The molecule has 1 aliphatic rings. The van der Waals surface area contributed by atoms with Crippen LogP contribution in [0.1, 0.15) is 30.6 Å². The van der Waals surface area contributed by atoms with Crippen LogP contribution in [0, 0.1) is 5.92 Å². The minimum absolute atomic E-state index is 0.865. The molecular formula is C17H24N2O. The molecule has 0 atom stereocenters. The third kappa shape index (κ3) is 2.74. The van der Waals surface area contributed by atoms with Crippen molar-refractivity contribution in [1.29, 1.82) is 0 Å². The maximum absolute atomic E-state index is 6.07. The van der Waals surface area contributed by atoms with E-state index in [4.69, 9.17) is 4.42 Å². The molecule has 1 fully saturated rings. The molecule has 1 saturated carbocycles. The van der Waals surface area contributed by atoms with Gasteiger partial charge in [-0.15, -0.1) is 0 Å². The zero-order valence-electron chi connectivity index (χ0n) is 12.5. The fraction of sp³-hybridized carbons (Fsp3) is 0.529. The van der Waals surface area contributed by atoms with Crippen LogP contribution in [0.3, 0.4) is 0 Å². The average molecular weight is 272 g/mol. The summed E-state index contributed by atoms with van der Waals surface area (Å²) in [6.07, 6.45) is 4.20. The fourth-order valence-electron chi connectivity index (χ4n) is 3.07. The Balaban J connectivity index is 1.79. The minimum Gasteiger partial charge on any atom is -0.459 e. The van der Waals surface area contributed by atoms with Crippen LogP contribution >= 0.6 is 0 Å². The Labute approximate surface area is 120 Å². The van der Waals surface area contributed by atoms with Gasteiger partial charge in [-0.05, 0) is 38.9 Å². The Bertz CT molecular complexity index is 571. The van der Waals surface area contributed by atoms with Crippen molar-refractivity contribution in [2.45, 2.75) is 32.4 Å². The van der Waals surface area contributed by atoms with Crippen molar-refractivity contribution >= 4 is 11.0 Å². The van der Waals surface area contributed by atoms with Crippen molar-refractivity contribution in [2.75, 3.05) is 20.6 Å². The maximum Gasteiger partial charge on any atom is 0.134 e. The fourth-order valence-corrected chi connectivity index (χ4v) is 3.07. The maximum atomic E-state index is 6.07. The van der Waals surface area contributed by atoms with Crippen molar-refractivity contribution in [1.82, 2.24) is 10.2 Å². The minimum atomic E-state index is 0.865. The number of hydrogen-bond acceptors (Lipinski definition) is 3.